The predicted molar refractivity (Wildman–Crippen MR) is 79.3 cm³/mol. The van der Waals surface area contributed by atoms with E-state index in [1.54, 1.807) is 0 Å². The number of rotatable bonds is 9. The topological polar surface area (TPSA) is 74.2 Å². The molecule has 1 heterocycles. The molecule has 0 radical (unpaired) electrons. The molecule has 5 nitrogen and oxygen atoms in total. The Morgan fingerprint density at radius 2 is 1.90 bits per heavy atom. The summed E-state index contributed by atoms with van der Waals surface area (Å²) in [5, 5.41) is 4.09. The molecule has 1 atom stereocenters. The lowest BCUT2D eigenvalue weighted by Crippen LogP contribution is -2.22. The molecule has 116 valence electrons. The summed E-state index contributed by atoms with van der Waals surface area (Å²) < 4.78 is 11.1. The van der Waals surface area contributed by atoms with Crippen LogP contribution in [-0.2, 0) is 11.2 Å². The van der Waals surface area contributed by atoms with E-state index in [1.165, 1.54) is 6.42 Å². The molecule has 0 saturated carbocycles. The van der Waals surface area contributed by atoms with E-state index in [0.717, 1.165) is 32.2 Å². The Balaban J connectivity index is 2.52. The number of aryl methyl sites for hydroxylation is 1. The van der Waals surface area contributed by atoms with Gasteiger partial charge in [-0.1, -0.05) is 38.8 Å². The molecule has 1 aromatic heterocycles. The number of ether oxygens (including phenoxy) is 1. The van der Waals surface area contributed by atoms with Gasteiger partial charge in [0.25, 0.3) is 0 Å². The Kier molecular flexibility index (Phi) is 7.16. The molecule has 0 bridgehead atoms. The van der Waals surface area contributed by atoms with Crippen molar-refractivity contribution < 1.29 is 9.26 Å². The fourth-order valence-electron chi connectivity index (χ4n) is 2.13. The first-order valence-corrected chi connectivity index (χ1v) is 7.63. The zero-order chi connectivity index (χ0) is 15.0. The maximum Gasteiger partial charge on any atom is 0.226 e. The highest BCUT2D eigenvalue weighted by Gasteiger charge is 2.31. The van der Waals surface area contributed by atoms with Crippen LogP contribution in [0.4, 0.5) is 0 Å². The molecule has 0 aliphatic carbocycles. The molecule has 0 saturated heterocycles. The van der Waals surface area contributed by atoms with Gasteiger partial charge >= 0.3 is 0 Å². The van der Waals surface area contributed by atoms with Gasteiger partial charge in [0, 0.05) is 13.0 Å². The number of hydrogen-bond donors (Lipinski definition) is 1. The van der Waals surface area contributed by atoms with E-state index in [1.807, 2.05) is 6.92 Å². The van der Waals surface area contributed by atoms with Gasteiger partial charge in [-0.2, -0.15) is 4.98 Å². The Morgan fingerprint density at radius 1 is 1.20 bits per heavy atom. The van der Waals surface area contributed by atoms with Crippen molar-refractivity contribution in [2.45, 2.75) is 65.9 Å². The van der Waals surface area contributed by atoms with E-state index < -0.39 is 0 Å². The molecule has 1 unspecified atom stereocenters. The fourth-order valence-corrected chi connectivity index (χ4v) is 2.13. The zero-order valence-electron chi connectivity index (χ0n) is 13.3. The quantitative estimate of drug-likeness (QED) is 0.704. The van der Waals surface area contributed by atoms with Crippen molar-refractivity contribution >= 4 is 0 Å². The van der Waals surface area contributed by atoms with Crippen molar-refractivity contribution in [3.63, 3.8) is 0 Å². The maximum absolute atomic E-state index is 5.76. The molecule has 0 amide bonds. The lowest BCUT2D eigenvalue weighted by atomic mass is 9.88. The standard InChI is InChI=1S/C15H29N3O2/c1-5-19-13(15(2,3)4)14-17-12(20-18-14)10-8-6-7-9-11-16/h13H,5-11,16H2,1-4H3. The molecular formula is C15H29N3O2. The fraction of sp³-hybridized carbons (Fsp3) is 0.867. The van der Waals surface area contributed by atoms with Gasteiger partial charge < -0.3 is 15.0 Å². The second kappa shape index (κ2) is 8.37. The van der Waals surface area contributed by atoms with Gasteiger partial charge in [-0.3, -0.25) is 0 Å². The summed E-state index contributed by atoms with van der Waals surface area (Å²) in [6.07, 6.45) is 5.19. The average molecular weight is 283 g/mol. The molecule has 0 fully saturated rings. The minimum Gasteiger partial charge on any atom is -0.370 e. The van der Waals surface area contributed by atoms with Crippen LogP contribution in [0.15, 0.2) is 4.52 Å². The summed E-state index contributed by atoms with van der Waals surface area (Å²) in [6.45, 7) is 9.76. The van der Waals surface area contributed by atoms with E-state index in [-0.39, 0.29) is 11.5 Å². The lowest BCUT2D eigenvalue weighted by molar-refractivity contribution is -0.0203. The molecule has 0 aliphatic rings. The van der Waals surface area contributed by atoms with Crippen LogP contribution in [0.25, 0.3) is 0 Å². The average Bonchev–Trinajstić information content (AvgIpc) is 2.82. The van der Waals surface area contributed by atoms with Crippen LogP contribution < -0.4 is 5.73 Å². The van der Waals surface area contributed by atoms with Crippen molar-refractivity contribution in [1.29, 1.82) is 0 Å². The molecule has 0 aliphatic heterocycles. The van der Waals surface area contributed by atoms with E-state index in [9.17, 15) is 0 Å². The Hall–Kier alpha value is -0.940. The summed E-state index contributed by atoms with van der Waals surface area (Å²) in [5.41, 5.74) is 5.43. The van der Waals surface area contributed by atoms with Crippen molar-refractivity contribution in [1.82, 2.24) is 10.1 Å². The monoisotopic (exact) mass is 283 g/mol. The van der Waals surface area contributed by atoms with Crippen LogP contribution in [0.3, 0.4) is 0 Å². The number of nitrogens with zero attached hydrogens (tertiary/aromatic N) is 2. The molecular weight excluding hydrogens is 254 g/mol. The first-order valence-electron chi connectivity index (χ1n) is 7.63. The summed E-state index contributed by atoms with van der Waals surface area (Å²) in [6, 6.07) is 0. The van der Waals surface area contributed by atoms with Gasteiger partial charge in [0.1, 0.15) is 6.10 Å². The number of aromatic nitrogens is 2. The summed E-state index contributed by atoms with van der Waals surface area (Å²) in [7, 11) is 0. The highest BCUT2D eigenvalue weighted by Crippen LogP contribution is 2.34. The van der Waals surface area contributed by atoms with Crippen LogP contribution in [0.5, 0.6) is 0 Å². The summed E-state index contributed by atoms with van der Waals surface area (Å²) >= 11 is 0. The van der Waals surface area contributed by atoms with Crippen LogP contribution >= 0.6 is 0 Å². The van der Waals surface area contributed by atoms with Crippen molar-refractivity contribution in [2.24, 2.45) is 11.1 Å². The van der Waals surface area contributed by atoms with Crippen LogP contribution in [0.2, 0.25) is 0 Å². The highest BCUT2D eigenvalue weighted by atomic mass is 16.5. The predicted octanol–water partition coefficient (Wildman–Crippen LogP) is 3.25. The SMILES string of the molecule is CCOC(c1noc(CCCCCCN)n1)C(C)(C)C. The van der Waals surface area contributed by atoms with Gasteiger partial charge in [0.15, 0.2) is 0 Å². The second-order valence-electron chi connectivity index (χ2n) is 6.20. The third kappa shape index (κ3) is 5.59. The minimum absolute atomic E-state index is 0.0434. The van der Waals surface area contributed by atoms with E-state index in [2.05, 4.69) is 30.9 Å². The van der Waals surface area contributed by atoms with Crippen LogP contribution in [0.1, 0.15) is 71.2 Å². The van der Waals surface area contributed by atoms with Crippen LogP contribution in [-0.4, -0.2) is 23.3 Å². The first-order chi connectivity index (χ1) is 9.49. The van der Waals surface area contributed by atoms with Gasteiger partial charge in [-0.25, -0.2) is 0 Å². The molecule has 5 heteroatoms. The molecule has 0 aromatic carbocycles. The van der Waals surface area contributed by atoms with Gasteiger partial charge in [-0.15, -0.1) is 0 Å². The van der Waals surface area contributed by atoms with Crippen LogP contribution in [0, 0.1) is 5.41 Å². The first kappa shape index (κ1) is 17.1. The number of unbranched alkanes of at least 4 members (excludes halogenated alkanes) is 3. The molecule has 0 spiro atoms. The van der Waals surface area contributed by atoms with E-state index >= 15 is 0 Å². The molecule has 1 aromatic rings. The van der Waals surface area contributed by atoms with Gasteiger partial charge in [-0.05, 0) is 31.7 Å². The van der Waals surface area contributed by atoms with Crippen molar-refractivity contribution in [3.8, 4) is 0 Å². The normalized spacial score (nSPS) is 13.7. The van der Waals surface area contributed by atoms with Gasteiger partial charge in [0.05, 0.1) is 0 Å². The van der Waals surface area contributed by atoms with E-state index in [4.69, 9.17) is 15.0 Å². The third-order valence-corrected chi connectivity index (χ3v) is 3.18. The lowest BCUT2D eigenvalue weighted by Gasteiger charge is -2.27. The smallest absolute Gasteiger partial charge is 0.226 e. The second-order valence-corrected chi connectivity index (χ2v) is 6.20. The minimum atomic E-state index is -0.123. The molecule has 20 heavy (non-hydrogen) atoms. The molecule has 1 rings (SSSR count). The largest absolute Gasteiger partial charge is 0.370 e. The molecule has 2 N–H and O–H groups in total. The summed E-state index contributed by atoms with van der Waals surface area (Å²) in [5.74, 6) is 1.37. The summed E-state index contributed by atoms with van der Waals surface area (Å²) in [4.78, 5) is 4.49. The maximum atomic E-state index is 5.76. The zero-order valence-corrected chi connectivity index (χ0v) is 13.3. The van der Waals surface area contributed by atoms with E-state index in [0.29, 0.717) is 18.3 Å². The Bertz CT molecular complexity index is 371. The van der Waals surface area contributed by atoms with Crippen molar-refractivity contribution in [3.05, 3.63) is 11.7 Å². The van der Waals surface area contributed by atoms with Gasteiger partial charge in [0.2, 0.25) is 11.7 Å². The highest BCUT2D eigenvalue weighted by molar-refractivity contribution is 4.96. The Morgan fingerprint density at radius 3 is 2.50 bits per heavy atom. The number of nitrogens with two attached hydrogens (primary N) is 1. The number of hydrogen-bond acceptors (Lipinski definition) is 5. The van der Waals surface area contributed by atoms with Crippen molar-refractivity contribution in [2.75, 3.05) is 13.2 Å². The third-order valence-electron chi connectivity index (χ3n) is 3.18. The Labute approximate surface area is 122 Å².